The van der Waals surface area contributed by atoms with Crippen molar-refractivity contribution >= 4 is 26.6 Å². The second-order valence-electron chi connectivity index (χ2n) is 3.90. The van der Waals surface area contributed by atoms with E-state index in [1.54, 1.807) is 12.1 Å². The Kier molecular flexibility index (Phi) is 3.19. The van der Waals surface area contributed by atoms with Gasteiger partial charge in [-0.2, -0.15) is 13.2 Å². The van der Waals surface area contributed by atoms with Crippen LogP contribution in [0.4, 0.5) is 18.9 Å². The third kappa shape index (κ3) is 2.99. The van der Waals surface area contributed by atoms with Gasteiger partial charge in [-0.1, -0.05) is 0 Å². The molecule has 0 aliphatic carbocycles. The fourth-order valence-electron chi connectivity index (χ4n) is 1.59. The third-order valence-electron chi connectivity index (χ3n) is 2.42. The molecule has 19 heavy (non-hydrogen) atoms. The molecule has 0 amide bonds. The van der Waals surface area contributed by atoms with Crippen LogP contribution in [0.3, 0.4) is 0 Å². The fraction of sp³-hybridized carbons (Fsp3) is 0.200. The number of sulfonamides is 1. The SMILES string of the molecule is Nc1ccc2[nH]cc(S(=O)(=O)NCC(F)(F)F)c2c1. The monoisotopic (exact) mass is 293 g/mol. The molecule has 0 radical (unpaired) electrons. The highest BCUT2D eigenvalue weighted by Gasteiger charge is 2.30. The van der Waals surface area contributed by atoms with Crippen molar-refractivity contribution in [3.05, 3.63) is 24.4 Å². The Morgan fingerprint density at radius 1 is 1.32 bits per heavy atom. The second kappa shape index (κ2) is 4.42. The van der Waals surface area contributed by atoms with Crippen molar-refractivity contribution in [2.24, 2.45) is 0 Å². The molecule has 0 fully saturated rings. The molecule has 9 heteroatoms. The summed E-state index contributed by atoms with van der Waals surface area (Å²) in [6, 6.07) is 4.49. The predicted octanol–water partition coefficient (Wildman–Crippen LogP) is 1.59. The Bertz CT molecular complexity index is 706. The molecule has 0 spiro atoms. The molecule has 1 aromatic carbocycles. The molecule has 0 aliphatic rings. The van der Waals surface area contributed by atoms with Gasteiger partial charge < -0.3 is 10.7 Å². The molecule has 2 aromatic rings. The lowest BCUT2D eigenvalue weighted by atomic mass is 10.2. The zero-order valence-corrected chi connectivity index (χ0v) is 10.3. The largest absolute Gasteiger partial charge is 0.402 e. The number of nitrogens with one attached hydrogen (secondary N) is 2. The van der Waals surface area contributed by atoms with Gasteiger partial charge in [0.25, 0.3) is 0 Å². The summed E-state index contributed by atoms with van der Waals surface area (Å²) in [6.07, 6.45) is -3.49. The molecule has 5 nitrogen and oxygen atoms in total. The van der Waals surface area contributed by atoms with E-state index in [9.17, 15) is 21.6 Å². The summed E-state index contributed by atoms with van der Waals surface area (Å²) in [7, 11) is -4.25. The van der Waals surface area contributed by atoms with Crippen LogP contribution in [0.2, 0.25) is 0 Å². The van der Waals surface area contributed by atoms with Crippen molar-refractivity contribution in [3.63, 3.8) is 0 Å². The molecular formula is C10H10F3N3O2S. The lowest BCUT2D eigenvalue weighted by Gasteiger charge is -2.08. The number of nitrogen functional groups attached to an aromatic ring is 1. The summed E-state index contributed by atoms with van der Waals surface area (Å²) in [5.74, 6) is 0. The standard InChI is InChI=1S/C10H10F3N3O2S/c11-10(12,13)5-16-19(17,18)9-4-15-8-2-1-6(14)3-7(8)9/h1-4,15-16H,5,14H2. The minimum Gasteiger partial charge on any atom is -0.399 e. The van der Waals surface area contributed by atoms with Crippen molar-refractivity contribution < 1.29 is 21.6 Å². The quantitative estimate of drug-likeness (QED) is 0.751. The topological polar surface area (TPSA) is 88.0 Å². The van der Waals surface area contributed by atoms with Gasteiger partial charge in [0.15, 0.2) is 0 Å². The first-order chi connectivity index (χ1) is 8.69. The van der Waals surface area contributed by atoms with Crippen LogP contribution in [0.25, 0.3) is 10.9 Å². The summed E-state index contributed by atoms with van der Waals surface area (Å²) < 4.78 is 61.2. The van der Waals surface area contributed by atoms with Gasteiger partial charge >= 0.3 is 6.18 Å². The minimum atomic E-state index is -4.61. The van der Waals surface area contributed by atoms with Crippen molar-refractivity contribution in [1.29, 1.82) is 0 Å². The van der Waals surface area contributed by atoms with Crippen LogP contribution in [0.1, 0.15) is 0 Å². The van der Waals surface area contributed by atoms with Gasteiger partial charge in [0, 0.05) is 22.8 Å². The van der Waals surface area contributed by atoms with Gasteiger partial charge in [-0.25, -0.2) is 13.1 Å². The van der Waals surface area contributed by atoms with E-state index in [0.717, 1.165) is 6.20 Å². The zero-order valence-electron chi connectivity index (χ0n) is 9.45. The number of rotatable bonds is 3. The summed E-state index contributed by atoms with van der Waals surface area (Å²) in [5, 5.41) is 0.245. The molecule has 0 atom stereocenters. The fourth-order valence-corrected chi connectivity index (χ4v) is 2.77. The van der Waals surface area contributed by atoms with Gasteiger partial charge in [0.1, 0.15) is 11.4 Å². The van der Waals surface area contributed by atoms with Gasteiger partial charge in [0.05, 0.1) is 0 Å². The first-order valence-electron chi connectivity index (χ1n) is 5.12. The molecule has 0 aliphatic heterocycles. The van der Waals surface area contributed by atoms with E-state index in [-0.39, 0.29) is 10.3 Å². The van der Waals surface area contributed by atoms with E-state index in [0.29, 0.717) is 11.2 Å². The van der Waals surface area contributed by atoms with Crippen molar-refractivity contribution in [3.8, 4) is 0 Å². The first-order valence-corrected chi connectivity index (χ1v) is 6.60. The van der Waals surface area contributed by atoms with Crippen LogP contribution < -0.4 is 10.5 Å². The number of benzene rings is 1. The number of fused-ring (bicyclic) bond motifs is 1. The molecule has 0 saturated carbocycles. The van der Waals surface area contributed by atoms with Crippen LogP contribution >= 0.6 is 0 Å². The van der Waals surface area contributed by atoms with Gasteiger partial charge in [-0.05, 0) is 18.2 Å². The van der Waals surface area contributed by atoms with Crippen LogP contribution in [0.5, 0.6) is 0 Å². The smallest absolute Gasteiger partial charge is 0.399 e. The lowest BCUT2D eigenvalue weighted by molar-refractivity contribution is -0.121. The molecule has 0 bridgehead atoms. The minimum absolute atomic E-state index is 0.245. The van der Waals surface area contributed by atoms with Crippen LogP contribution in [-0.2, 0) is 10.0 Å². The molecular weight excluding hydrogens is 283 g/mol. The van der Waals surface area contributed by atoms with Crippen LogP contribution in [-0.4, -0.2) is 26.1 Å². The summed E-state index contributed by atoms with van der Waals surface area (Å²) in [6.45, 7) is -1.62. The highest BCUT2D eigenvalue weighted by molar-refractivity contribution is 7.89. The maximum atomic E-state index is 12.1. The average Bonchev–Trinajstić information content (AvgIpc) is 2.69. The van der Waals surface area contributed by atoms with E-state index in [2.05, 4.69) is 4.98 Å². The first kappa shape index (κ1) is 13.7. The van der Waals surface area contributed by atoms with Crippen molar-refractivity contribution in [2.45, 2.75) is 11.1 Å². The number of H-pyrrole nitrogens is 1. The summed E-state index contributed by atoms with van der Waals surface area (Å²) in [5.41, 5.74) is 6.32. The Hall–Kier alpha value is -1.74. The third-order valence-corrected chi connectivity index (χ3v) is 3.86. The number of aromatic nitrogens is 1. The van der Waals surface area contributed by atoms with Gasteiger partial charge in [-0.3, -0.25) is 0 Å². The summed E-state index contributed by atoms with van der Waals surface area (Å²) in [4.78, 5) is 2.40. The second-order valence-corrected chi connectivity index (χ2v) is 5.63. The van der Waals surface area contributed by atoms with Crippen LogP contribution in [0, 0.1) is 0 Å². The van der Waals surface area contributed by atoms with E-state index in [4.69, 9.17) is 5.73 Å². The Morgan fingerprint density at radius 2 is 2.00 bits per heavy atom. The van der Waals surface area contributed by atoms with E-state index in [1.165, 1.54) is 10.8 Å². The number of hydrogen-bond acceptors (Lipinski definition) is 3. The predicted molar refractivity (Wildman–Crippen MR) is 64.0 cm³/mol. The maximum Gasteiger partial charge on any atom is 0.402 e. The van der Waals surface area contributed by atoms with E-state index >= 15 is 0 Å². The van der Waals surface area contributed by atoms with E-state index in [1.807, 2.05) is 0 Å². The molecule has 1 heterocycles. The Balaban J connectivity index is 2.41. The molecule has 0 saturated heterocycles. The molecule has 2 rings (SSSR count). The molecule has 1 aromatic heterocycles. The molecule has 0 unspecified atom stereocenters. The maximum absolute atomic E-state index is 12.1. The van der Waals surface area contributed by atoms with Crippen molar-refractivity contribution in [2.75, 3.05) is 12.3 Å². The molecule has 104 valence electrons. The number of alkyl halides is 3. The summed E-state index contributed by atoms with van der Waals surface area (Å²) >= 11 is 0. The molecule has 4 N–H and O–H groups in total. The van der Waals surface area contributed by atoms with E-state index < -0.39 is 22.7 Å². The highest BCUT2D eigenvalue weighted by Crippen LogP contribution is 2.25. The number of halogens is 3. The normalized spacial score (nSPS) is 13.0. The lowest BCUT2D eigenvalue weighted by Crippen LogP contribution is -2.33. The highest BCUT2D eigenvalue weighted by atomic mass is 32.2. The number of aromatic amines is 1. The van der Waals surface area contributed by atoms with Gasteiger partial charge in [-0.15, -0.1) is 0 Å². The number of nitrogens with two attached hydrogens (primary N) is 1. The zero-order chi connectivity index (χ0) is 14.3. The average molecular weight is 293 g/mol. The Labute approximate surface area is 106 Å². The van der Waals surface area contributed by atoms with Gasteiger partial charge in [0.2, 0.25) is 10.0 Å². The number of anilines is 1. The Morgan fingerprint density at radius 3 is 2.63 bits per heavy atom. The number of hydrogen-bond donors (Lipinski definition) is 3. The van der Waals surface area contributed by atoms with Crippen molar-refractivity contribution in [1.82, 2.24) is 9.71 Å². The van der Waals surface area contributed by atoms with Crippen LogP contribution in [0.15, 0.2) is 29.3 Å².